The smallest absolute Gasteiger partial charge is 0.271 e. The Morgan fingerprint density at radius 3 is 2.48 bits per heavy atom. The second-order valence-corrected chi connectivity index (χ2v) is 6.40. The quantitative estimate of drug-likeness (QED) is 0.330. The number of phenols is 1. The molecular formula is C20H15BrN4O2. The Hall–Kier alpha value is -3.32. The van der Waals surface area contributed by atoms with Crippen molar-refractivity contribution in [2.45, 2.75) is 0 Å². The van der Waals surface area contributed by atoms with Crippen LogP contribution in [0, 0.1) is 0 Å². The minimum Gasteiger partial charge on any atom is -0.507 e. The number of hydrazone groups is 1. The van der Waals surface area contributed by atoms with Crippen LogP contribution in [-0.2, 0) is 0 Å². The van der Waals surface area contributed by atoms with Gasteiger partial charge in [0.15, 0.2) is 0 Å². The molecule has 0 atom stereocenters. The minimum atomic E-state index is -0.355. The van der Waals surface area contributed by atoms with Crippen molar-refractivity contribution in [3.8, 4) is 5.75 Å². The van der Waals surface area contributed by atoms with E-state index in [0.29, 0.717) is 16.8 Å². The molecule has 2 N–H and O–H groups in total. The summed E-state index contributed by atoms with van der Waals surface area (Å²) in [6.07, 6.45) is 1.35. The molecule has 3 aromatic carbocycles. The first-order valence-corrected chi connectivity index (χ1v) is 8.80. The van der Waals surface area contributed by atoms with Crippen molar-refractivity contribution in [2.75, 3.05) is 0 Å². The van der Waals surface area contributed by atoms with E-state index in [9.17, 15) is 9.90 Å². The molecule has 0 aromatic heterocycles. The first-order chi connectivity index (χ1) is 13.1. The molecule has 0 aliphatic rings. The van der Waals surface area contributed by atoms with E-state index in [0.717, 1.165) is 10.2 Å². The van der Waals surface area contributed by atoms with E-state index >= 15 is 0 Å². The number of rotatable bonds is 5. The third-order valence-electron chi connectivity index (χ3n) is 3.50. The van der Waals surface area contributed by atoms with Gasteiger partial charge in [-0.2, -0.15) is 15.3 Å². The lowest BCUT2D eigenvalue weighted by Gasteiger charge is -2.02. The van der Waals surface area contributed by atoms with Crippen LogP contribution in [0.4, 0.5) is 11.4 Å². The summed E-state index contributed by atoms with van der Waals surface area (Å²) in [4.78, 5) is 12.1. The molecule has 3 aromatic rings. The molecule has 0 saturated carbocycles. The highest BCUT2D eigenvalue weighted by Gasteiger charge is 2.05. The second-order valence-electron chi connectivity index (χ2n) is 5.49. The molecule has 27 heavy (non-hydrogen) atoms. The maximum Gasteiger partial charge on any atom is 0.271 e. The highest BCUT2D eigenvalue weighted by molar-refractivity contribution is 9.10. The van der Waals surface area contributed by atoms with E-state index in [-0.39, 0.29) is 11.7 Å². The number of hydrogen-bond donors (Lipinski definition) is 2. The van der Waals surface area contributed by atoms with E-state index < -0.39 is 0 Å². The number of phenolic OH excluding ortho intramolecular Hbond substituents is 1. The number of carbonyl (C=O) groups is 1. The number of benzene rings is 3. The summed E-state index contributed by atoms with van der Waals surface area (Å²) < 4.78 is 0.799. The number of hydrogen-bond acceptors (Lipinski definition) is 5. The van der Waals surface area contributed by atoms with Gasteiger partial charge in [0.25, 0.3) is 5.91 Å². The van der Waals surface area contributed by atoms with Crippen molar-refractivity contribution in [2.24, 2.45) is 15.3 Å². The fourth-order valence-corrected chi connectivity index (χ4v) is 2.57. The van der Waals surface area contributed by atoms with Crippen LogP contribution in [0.3, 0.4) is 0 Å². The van der Waals surface area contributed by atoms with Gasteiger partial charge in [-0.05, 0) is 48.5 Å². The zero-order valence-corrected chi connectivity index (χ0v) is 15.7. The Morgan fingerprint density at radius 2 is 1.70 bits per heavy atom. The van der Waals surface area contributed by atoms with Gasteiger partial charge in [-0.25, -0.2) is 5.43 Å². The normalized spacial score (nSPS) is 11.1. The van der Waals surface area contributed by atoms with Crippen LogP contribution in [0.2, 0.25) is 0 Å². The van der Waals surface area contributed by atoms with Crippen LogP contribution in [0.15, 0.2) is 92.6 Å². The van der Waals surface area contributed by atoms with Gasteiger partial charge < -0.3 is 5.11 Å². The summed E-state index contributed by atoms with van der Waals surface area (Å²) in [7, 11) is 0. The highest BCUT2D eigenvalue weighted by atomic mass is 79.9. The van der Waals surface area contributed by atoms with Crippen LogP contribution < -0.4 is 5.43 Å². The van der Waals surface area contributed by atoms with Crippen molar-refractivity contribution in [3.63, 3.8) is 0 Å². The molecule has 0 spiro atoms. The van der Waals surface area contributed by atoms with E-state index in [1.807, 2.05) is 36.4 Å². The molecule has 0 fully saturated rings. The van der Waals surface area contributed by atoms with E-state index in [1.165, 1.54) is 12.3 Å². The SMILES string of the molecule is O=C(N/N=C\c1cc(N=Nc2ccccc2)ccc1O)c1cccc(Br)c1. The Labute approximate surface area is 164 Å². The molecule has 6 nitrogen and oxygen atoms in total. The van der Waals surface area contributed by atoms with Crippen LogP contribution in [-0.4, -0.2) is 17.2 Å². The highest BCUT2D eigenvalue weighted by Crippen LogP contribution is 2.24. The number of halogens is 1. The number of azo groups is 1. The van der Waals surface area contributed by atoms with Crippen molar-refractivity contribution < 1.29 is 9.90 Å². The maximum absolute atomic E-state index is 12.1. The van der Waals surface area contributed by atoms with E-state index in [2.05, 4.69) is 36.7 Å². The monoisotopic (exact) mass is 422 g/mol. The molecule has 0 heterocycles. The Morgan fingerprint density at radius 1 is 0.926 bits per heavy atom. The van der Waals surface area contributed by atoms with Gasteiger partial charge in [0, 0.05) is 15.6 Å². The molecule has 7 heteroatoms. The first kappa shape index (κ1) is 18.5. The summed E-state index contributed by atoms with van der Waals surface area (Å²) in [6.45, 7) is 0. The second kappa shape index (κ2) is 8.86. The average molecular weight is 423 g/mol. The summed E-state index contributed by atoms with van der Waals surface area (Å²) in [5, 5.41) is 22.1. The van der Waals surface area contributed by atoms with Crippen molar-refractivity contribution >= 4 is 39.4 Å². The standard InChI is InChI=1S/C20H15BrN4O2/c21-16-6-4-5-14(11-16)20(27)25-22-13-15-12-18(9-10-19(15)26)24-23-17-7-2-1-3-8-17/h1-13,26H,(H,25,27)/b22-13-,24-23?. The number of aromatic hydroxyl groups is 1. The number of nitrogens with one attached hydrogen (secondary N) is 1. The molecule has 134 valence electrons. The Kier molecular flexibility index (Phi) is 6.06. The lowest BCUT2D eigenvalue weighted by atomic mass is 10.2. The molecule has 0 bridgehead atoms. The first-order valence-electron chi connectivity index (χ1n) is 8.00. The number of nitrogens with zero attached hydrogens (tertiary/aromatic N) is 3. The van der Waals surface area contributed by atoms with Crippen molar-refractivity contribution in [1.29, 1.82) is 0 Å². The molecule has 0 aliphatic heterocycles. The molecule has 0 unspecified atom stereocenters. The molecular weight excluding hydrogens is 408 g/mol. The molecule has 3 rings (SSSR count). The summed E-state index contributed by atoms with van der Waals surface area (Å²) in [5.74, 6) is -0.332. The number of carbonyl (C=O) groups excluding carboxylic acids is 1. The summed E-state index contributed by atoms with van der Waals surface area (Å²) >= 11 is 3.31. The minimum absolute atomic E-state index is 0.0223. The van der Waals surface area contributed by atoms with E-state index in [1.54, 1.807) is 30.3 Å². The van der Waals surface area contributed by atoms with Gasteiger partial charge in [-0.15, -0.1) is 0 Å². The van der Waals surface area contributed by atoms with Crippen molar-refractivity contribution in [1.82, 2.24) is 5.43 Å². The van der Waals surface area contributed by atoms with Crippen LogP contribution in [0.1, 0.15) is 15.9 Å². The van der Waals surface area contributed by atoms with Gasteiger partial charge in [0.2, 0.25) is 0 Å². The third kappa shape index (κ3) is 5.32. The third-order valence-corrected chi connectivity index (χ3v) is 4.00. The largest absolute Gasteiger partial charge is 0.507 e. The molecule has 1 amide bonds. The summed E-state index contributed by atoms with van der Waals surface area (Å²) in [6, 6.07) is 21.0. The van der Waals surface area contributed by atoms with E-state index in [4.69, 9.17) is 0 Å². The zero-order chi connectivity index (χ0) is 19.1. The molecule has 0 saturated heterocycles. The topological polar surface area (TPSA) is 86.4 Å². The number of amides is 1. The van der Waals surface area contributed by atoms with Gasteiger partial charge in [-0.3, -0.25) is 4.79 Å². The molecule has 0 aliphatic carbocycles. The van der Waals surface area contributed by atoms with Crippen LogP contribution >= 0.6 is 15.9 Å². The van der Waals surface area contributed by atoms with Gasteiger partial charge in [0.05, 0.1) is 17.6 Å². The zero-order valence-electron chi connectivity index (χ0n) is 14.1. The van der Waals surface area contributed by atoms with Gasteiger partial charge in [-0.1, -0.05) is 40.2 Å². The molecule has 0 radical (unpaired) electrons. The van der Waals surface area contributed by atoms with Crippen LogP contribution in [0.25, 0.3) is 0 Å². The fourth-order valence-electron chi connectivity index (χ4n) is 2.17. The predicted molar refractivity (Wildman–Crippen MR) is 108 cm³/mol. The Balaban J connectivity index is 1.70. The average Bonchev–Trinajstić information content (AvgIpc) is 2.69. The lowest BCUT2D eigenvalue weighted by Crippen LogP contribution is -2.17. The van der Waals surface area contributed by atoms with Crippen molar-refractivity contribution in [3.05, 3.63) is 88.4 Å². The predicted octanol–water partition coefficient (Wildman–Crippen LogP) is 5.33. The maximum atomic E-state index is 12.1. The van der Waals surface area contributed by atoms with Gasteiger partial charge >= 0.3 is 0 Å². The Bertz CT molecular complexity index is 1000. The lowest BCUT2D eigenvalue weighted by molar-refractivity contribution is 0.0955. The van der Waals surface area contributed by atoms with Crippen LogP contribution in [0.5, 0.6) is 5.75 Å². The fraction of sp³-hybridized carbons (Fsp3) is 0. The summed E-state index contributed by atoms with van der Waals surface area (Å²) in [5.41, 5.74) is 4.58. The van der Waals surface area contributed by atoms with Gasteiger partial charge in [0.1, 0.15) is 5.75 Å².